The molecule has 1 rings (SSSR count). The van der Waals surface area contributed by atoms with E-state index in [0.29, 0.717) is 25.0 Å². The summed E-state index contributed by atoms with van der Waals surface area (Å²) in [6.07, 6.45) is 2.69. The van der Waals surface area contributed by atoms with Crippen LogP contribution in [0.1, 0.15) is 32.8 Å². The average Bonchev–Trinajstić information content (AvgIpc) is 2.45. The van der Waals surface area contributed by atoms with Gasteiger partial charge in [-0.1, -0.05) is 13.0 Å². The highest BCUT2D eigenvalue weighted by molar-refractivity contribution is 14.0. The van der Waals surface area contributed by atoms with Gasteiger partial charge in [-0.3, -0.25) is 0 Å². The van der Waals surface area contributed by atoms with Gasteiger partial charge in [0.05, 0.1) is 13.2 Å². The van der Waals surface area contributed by atoms with Crippen LogP contribution in [-0.2, 0) is 6.54 Å². The van der Waals surface area contributed by atoms with E-state index in [1.807, 2.05) is 17.0 Å². The second kappa shape index (κ2) is 10.7. The average molecular weight is 392 g/mol. The van der Waals surface area contributed by atoms with E-state index in [1.54, 1.807) is 6.20 Å². The standard InChI is InChI=1S/C14H24N4O.HI/c1-4-10-19-13-12(8-7-9-16-13)11-17-14(15)18(5-2)6-3;/h7-9H,4-6,10-11H2,1-3H3,(H2,15,17);1H. The maximum atomic E-state index is 5.95. The number of ether oxygens (including phenoxy) is 1. The second-order valence-corrected chi connectivity index (χ2v) is 4.16. The Morgan fingerprint density at radius 2 is 2.05 bits per heavy atom. The fraction of sp³-hybridized carbons (Fsp3) is 0.571. The molecule has 6 heteroatoms. The zero-order valence-corrected chi connectivity index (χ0v) is 14.8. The van der Waals surface area contributed by atoms with Gasteiger partial charge < -0.3 is 15.4 Å². The first-order valence-corrected chi connectivity index (χ1v) is 6.84. The molecule has 0 saturated heterocycles. The molecule has 1 heterocycles. The Hall–Kier alpha value is -1.05. The van der Waals surface area contributed by atoms with Crippen molar-refractivity contribution in [3.63, 3.8) is 0 Å². The number of halogens is 1. The third kappa shape index (κ3) is 5.94. The molecule has 0 radical (unpaired) electrons. The van der Waals surface area contributed by atoms with Crippen molar-refractivity contribution in [2.24, 2.45) is 10.7 Å². The van der Waals surface area contributed by atoms with Crippen LogP contribution in [0.4, 0.5) is 0 Å². The maximum Gasteiger partial charge on any atom is 0.218 e. The topological polar surface area (TPSA) is 63.7 Å². The van der Waals surface area contributed by atoms with E-state index in [-0.39, 0.29) is 24.0 Å². The molecule has 114 valence electrons. The zero-order valence-electron chi connectivity index (χ0n) is 12.5. The van der Waals surface area contributed by atoms with Crippen LogP contribution in [0.25, 0.3) is 0 Å². The Kier molecular flexibility index (Phi) is 10.1. The summed E-state index contributed by atoms with van der Waals surface area (Å²) in [4.78, 5) is 10.7. The highest BCUT2D eigenvalue weighted by Crippen LogP contribution is 2.15. The van der Waals surface area contributed by atoms with Gasteiger partial charge in [-0.15, -0.1) is 24.0 Å². The van der Waals surface area contributed by atoms with Crippen LogP contribution in [-0.4, -0.2) is 35.5 Å². The van der Waals surface area contributed by atoms with E-state index in [2.05, 4.69) is 30.7 Å². The summed E-state index contributed by atoms with van der Waals surface area (Å²) in [6, 6.07) is 3.86. The van der Waals surface area contributed by atoms with Gasteiger partial charge in [0.15, 0.2) is 5.96 Å². The summed E-state index contributed by atoms with van der Waals surface area (Å²) in [5.41, 5.74) is 6.92. The Bertz CT molecular complexity index is 408. The number of rotatable bonds is 7. The molecule has 0 aliphatic heterocycles. The first kappa shape index (κ1) is 18.9. The molecule has 0 spiro atoms. The van der Waals surface area contributed by atoms with Crippen LogP contribution < -0.4 is 10.5 Å². The predicted molar refractivity (Wildman–Crippen MR) is 93.7 cm³/mol. The number of aromatic nitrogens is 1. The van der Waals surface area contributed by atoms with Crippen molar-refractivity contribution in [1.82, 2.24) is 9.88 Å². The van der Waals surface area contributed by atoms with Gasteiger partial charge in [0.1, 0.15) is 0 Å². The Morgan fingerprint density at radius 1 is 1.35 bits per heavy atom. The van der Waals surface area contributed by atoms with Crippen molar-refractivity contribution < 1.29 is 4.74 Å². The first-order valence-electron chi connectivity index (χ1n) is 6.84. The molecule has 2 N–H and O–H groups in total. The molecule has 5 nitrogen and oxygen atoms in total. The van der Waals surface area contributed by atoms with Gasteiger partial charge >= 0.3 is 0 Å². The molecule has 0 aliphatic carbocycles. The van der Waals surface area contributed by atoms with E-state index in [1.165, 1.54) is 0 Å². The van der Waals surface area contributed by atoms with Crippen molar-refractivity contribution in [2.45, 2.75) is 33.7 Å². The monoisotopic (exact) mass is 392 g/mol. The number of nitrogens with zero attached hydrogens (tertiary/aromatic N) is 3. The first-order chi connectivity index (χ1) is 9.22. The molecule has 0 amide bonds. The number of pyridine rings is 1. The van der Waals surface area contributed by atoms with Gasteiger partial charge in [-0.25, -0.2) is 9.98 Å². The van der Waals surface area contributed by atoms with Crippen LogP contribution in [0, 0.1) is 0 Å². The molecule has 0 aliphatic rings. The van der Waals surface area contributed by atoms with E-state index in [9.17, 15) is 0 Å². The molecular formula is C14H25IN4O. The normalized spacial score (nSPS) is 10.8. The number of hydrogen-bond donors (Lipinski definition) is 1. The Balaban J connectivity index is 0.00000361. The summed E-state index contributed by atoms with van der Waals surface area (Å²) in [5, 5.41) is 0. The third-order valence-corrected chi connectivity index (χ3v) is 2.79. The molecule has 0 unspecified atom stereocenters. The molecule has 1 aromatic rings. The molecule has 0 aromatic carbocycles. The largest absolute Gasteiger partial charge is 0.477 e. The maximum absolute atomic E-state index is 5.95. The lowest BCUT2D eigenvalue weighted by atomic mass is 10.3. The molecule has 1 aromatic heterocycles. The minimum absolute atomic E-state index is 0. The fourth-order valence-corrected chi connectivity index (χ4v) is 1.69. The molecular weight excluding hydrogens is 367 g/mol. The molecule has 0 fully saturated rings. The van der Waals surface area contributed by atoms with Gasteiger partial charge in [0.2, 0.25) is 5.88 Å². The number of nitrogens with two attached hydrogens (primary N) is 1. The summed E-state index contributed by atoms with van der Waals surface area (Å²) < 4.78 is 5.60. The van der Waals surface area contributed by atoms with E-state index >= 15 is 0 Å². The van der Waals surface area contributed by atoms with Crippen molar-refractivity contribution in [3.8, 4) is 5.88 Å². The van der Waals surface area contributed by atoms with Gasteiger partial charge in [-0.2, -0.15) is 0 Å². The summed E-state index contributed by atoms with van der Waals surface area (Å²) in [5.74, 6) is 1.22. The smallest absolute Gasteiger partial charge is 0.218 e. The van der Waals surface area contributed by atoms with Crippen LogP contribution in [0.3, 0.4) is 0 Å². The van der Waals surface area contributed by atoms with Crippen molar-refractivity contribution in [1.29, 1.82) is 0 Å². The van der Waals surface area contributed by atoms with E-state index in [0.717, 1.165) is 25.1 Å². The van der Waals surface area contributed by atoms with Crippen LogP contribution in [0.2, 0.25) is 0 Å². The third-order valence-electron chi connectivity index (χ3n) is 2.79. The van der Waals surface area contributed by atoms with Crippen LogP contribution in [0.15, 0.2) is 23.3 Å². The van der Waals surface area contributed by atoms with Gasteiger partial charge in [0.25, 0.3) is 0 Å². The van der Waals surface area contributed by atoms with Crippen LogP contribution in [0.5, 0.6) is 5.88 Å². The van der Waals surface area contributed by atoms with E-state index in [4.69, 9.17) is 10.5 Å². The highest BCUT2D eigenvalue weighted by Gasteiger charge is 2.06. The number of hydrogen-bond acceptors (Lipinski definition) is 3. The Labute approximate surface area is 138 Å². The van der Waals surface area contributed by atoms with Crippen molar-refractivity contribution in [2.75, 3.05) is 19.7 Å². The molecule has 0 atom stereocenters. The highest BCUT2D eigenvalue weighted by atomic mass is 127. The van der Waals surface area contributed by atoms with Gasteiger partial charge in [-0.05, 0) is 26.3 Å². The fourth-order valence-electron chi connectivity index (χ4n) is 1.69. The molecule has 20 heavy (non-hydrogen) atoms. The minimum Gasteiger partial charge on any atom is -0.477 e. The van der Waals surface area contributed by atoms with Crippen molar-refractivity contribution >= 4 is 29.9 Å². The lowest BCUT2D eigenvalue weighted by molar-refractivity contribution is 0.302. The second-order valence-electron chi connectivity index (χ2n) is 4.16. The SMILES string of the molecule is CCCOc1ncccc1CN=C(N)N(CC)CC.I. The van der Waals surface area contributed by atoms with Gasteiger partial charge in [0, 0.05) is 24.8 Å². The number of aliphatic imine (C=N–C) groups is 1. The lowest BCUT2D eigenvalue weighted by Gasteiger charge is -2.19. The number of guanidine groups is 1. The summed E-state index contributed by atoms with van der Waals surface area (Å²) in [7, 11) is 0. The van der Waals surface area contributed by atoms with Crippen LogP contribution >= 0.6 is 24.0 Å². The van der Waals surface area contributed by atoms with E-state index < -0.39 is 0 Å². The van der Waals surface area contributed by atoms with Crippen molar-refractivity contribution in [3.05, 3.63) is 23.9 Å². The quantitative estimate of drug-likeness (QED) is 0.440. The Morgan fingerprint density at radius 3 is 2.65 bits per heavy atom. The summed E-state index contributed by atoms with van der Waals surface area (Å²) >= 11 is 0. The zero-order chi connectivity index (χ0) is 14.1. The summed E-state index contributed by atoms with van der Waals surface area (Å²) in [6.45, 7) is 9.07. The molecule has 0 saturated carbocycles. The minimum atomic E-state index is 0. The lowest BCUT2D eigenvalue weighted by Crippen LogP contribution is -2.37. The predicted octanol–water partition coefficient (Wildman–Crippen LogP) is 2.64. The molecule has 0 bridgehead atoms.